The van der Waals surface area contributed by atoms with Gasteiger partial charge in [-0.1, -0.05) is 12.1 Å². The van der Waals surface area contributed by atoms with E-state index >= 15 is 0 Å². The predicted octanol–water partition coefficient (Wildman–Crippen LogP) is 1.43. The highest BCUT2D eigenvalue weighted by Gasteiger charge is 2.04. The van der Waals surface area contributed by atoms with Crippen LogP contribution in [0.3, 0.4) is 0 Å². The fraction of sp³-hybridized carbons (Fsp3) is 0.455. The molecule has 1 atom stereocenters. The van der Waals surface area contributed by atoms with E-state index in [9.17, 15) is 0 Å². The molecule has 0 amide bonds. The van der Waals surface area contributed by atoms with Gasteiger partial charge in [-0.05, 0) is 37.6 Å². The molecule has 78 valence electrons. The molecule has 0 aliphatic heterocycles. The van der Waals surface area contributed by atoms with Crippen LogP contribution < -0.4 is 16.2 Å². The molecule has 0 radical (unpaired) electrons. The van der Waals surface area contributed by atoms with E-state index in [-0.39, 0.29) is 6.04 Å². The zero-order valence-corrected chi connectivity index (χ0v) is 8.57. The van der Waals surface area contributed by atoms with E-state index < -0.39 is 0 Å². The molecule has 0 aromatic heterocycles. The Kier molecular flexibility index (Phi) is 4.43. The van der Waals surface area contributed by atoms with E-state index in [1.165, 1.54) is 0 Å². The standard InChI is InChI=1S/C11H18N2O/c1-2-14-10-5-3-9(4-6-10)11(13)7-8-12/h3-6,11H,2,7-8,12-13H2,1H3. The lowest BCUT2D eigenvalue weighted by molar-refractivity contribution is 0.340. The van der Waals surface area contributed by atoms with Gasteiger partial charge < -0.3 is 16.2 Å². The molecule has 3 nitrogen and oxygen atoms in total. The van der Waals surface area contributed by atoms with E-state index in [0.29, 0.717) is 13.2 Å². The zero-order valence-electron chi connectivity index (χ0n) is 8.57. The van der Waals surface area contributed by atoms with Crippen molar-refractivity contribution in [2.24, 2.45) is 11.5 Å². The van der Waals surface area contributed by atoms with Crippen LogP contribution in [0.1, 0.15) is 24.9 Å². The Balaban J connectivity index is 2.62. The van der Waals surface area contributed by atoms with Crippen LogP contribution in [-0.2, 0) is 0 Å². The van der Waals surface area contributed by atoms with Crippen molar-refractivity contribution in [2.45, 2.75) is 19.4 Å². The smallest absolute Gasteiger partial charge is 0.119 e. The molecular weight excluding hydrogens is 176 g/mol. The van der Waals surface area contributed by atoms with Crippen molar-refractivity contribution in [3.63, 3.8) is 0 Å². The summed E-state index contributed by atoms with van der Waals surface area (Å²) in [5, 5.41) is 0. The Bertz CT molecular complexity index is 258. The summed E-state index contributed by atoms with van der Waals surface area (Å²) in [4.78, 5) is 0. The van der Waals surface area contributed by atoms with Gasteiger partial charge in [0.25, 0.3) is 0 Å². The van der Waals surface area contributed by atoms with Gasteiger partial charge in [0.15, 0.2) is 0 Å². The number of hydrogen-bond donors (Lipinski definition) is 2. The molecule has 3 heteroatoms. The summed E-state index contributed by atoms with van der Waals surface area (Å²) in [6.45, 7) is 3.27. The topological polar surface area (TPSA) is 61.3 Å². The summed E-state index contributed by atoms with van der Waals surface area (Å²) in [6.07, 6.45) is 0.813. The molecule has 0 aliphatic carbocycles. The highest BCUT2D eigenvalue weighted by Crippen LogP contribution is 2.17. The van der Waals surface area contributed by atoms with E-state index in [0.717, 1.165) is 17.7 Å². The second-order valence-electron chi connectivity index (χ2n) is 3.19. The third-order valence-corrected chi connectivity index (χ3v) is 2.10. The largest absolute Gasteiger partial charge is 0.494 e. The summed E-state index contributed by atoms with van der Waals surface area (Å²) in [6, 6.07) is 7.90. The van der Waals surface area contributed by atoms with Crippen molar-refractivity contribution >= 4 is 0 Å². The minimum atomic E-state index is 0.0377. The number of rotatable bonds is 5. The normalized spacial score (nSPS) is 12.5. The lowest BCUT2D eigenvalue weighted by Gasteiger charge is -2.11. The van der Waals surface area contributed by atoms with Crippen LogP contribution >= 0.6 is 0 Å². The first-order chi connectivity index (χ1) is 6.77. The average Bonchev–Trinajstić information content (AvgIpc) is 2.20. The van der Waals surface area contributed by atoms with Crippen LogP contribution in [0, 0.1) is 0 Å². The van der Waals surface area contributed by atoms with Crippen LogP contribution in [-0.4, -0.2) is 13.2 Å². The third kappa shape index (κ3) is 3.01. The van der Waals surface area contributed by atoms with Gasteiger partial charge in [0.1, 0.15) is 5.75 Å². The lowest BCUT2D eigenvalue weighted by atomic mass is 10.1. The van der Waals surface area contributed by atoms with E-state index in [1.807, 2.05) is 31.2 Å². The van der Waals surface area contributed by atoms with Gasteiger partial charge in [-0.3, -0.25) is 0 Å². The molecule has 0 saturated heterocycles. The van der Waals surface area contributed by atoms with Crippen LogP contribution in [0.5, 0.6) is 5.75 Å². The highest BCUT2D eigenvalue weighted by atomic mass is 16.5. The number of nitrogens with two attached hydrogens (primary N) is 2. The van der Waals surface area contributed by atoms with E-state index in [4.69, 9.17) is 16.2 Å². The van der Waals surface area contributed by atoms with Crippen LogP contribution in [0.25, 0.3) is 0 Å². The van der Waals surface area contributed by atoms with Gasteiger partial charge in [-0.15, -0.1) is 0 Å². The Hall–Kier alpha value is -1.06. The minimum Gasteiger partial charge on any atom is -0.494 e. The molecule has 0 bridgehead atoms. The number of hydrogen-bond acceptors (Lipinski definition) is 3. The summed E-state index contributed by atoms with van der Waals surface area (Å²) in [5.41, 5.74) is 12.5. The first kappa shape index (κ1) is 11.0. The molecule has 0 fully saturated rings. The fourth-order valence-electron chi connectivity index (χ4n) is 1.32. The molecule has 1 rings (SSSR count). The van der Waals surface area contributed by atoms with Gasteiger partial charge in [-0.2, -0.15) is 0 Å². The first-order valence-corrected chi connectivity index (χ1v) is 4.96. The number of benzene rings is 1. The lowest BCUT2D eigenvalue weighted by Crippen LogP contribution is -2.15. The van der Waals surface area contributed by atoms with Crippen molar-refractivity contribution in [1.29, 1.82) is 0 Å². The number of ether oxygens (including phenoxy) is 1. The Morgan fingerprint density at radius 2 is 1.93 bits per heavy atom. The molecule has 0 saturated carbocycles. The second kappa shape index (κ2) is 5.62. The van der Waals surface area contributed by atoms with E-state index in [1.54, 1.807) is 0 Å². The average molecular weight is 194 g/mol. The second-order valence-corrected chi connectivity index (χ2v) is 3.19. The van der Waals surface area contributed by atoms with Crippen LogP contribution in [0.4, 0.5) is 0 Å². The maximum atomic E-state index is 5.91. The van der Waals surface area contributed by atoms with Crippen LogP contribution in [0.15, 0.2) is 24.3 Å². The molecule has 14 heavy (non-hydrogen) atoms. The first-order valence-electron chi connectivity index (χ1n) is 4.96. The van der Waals surface area contributed by atoms with Gasteiger partial charge in [0.05, 0.1) is 6.61 Å². The summed E-state index contributed by atoms with van der Waals surface area (Å²) in [5.74, 6) is 0.885. The molecule has 1 aromatic carbocycles. The molecule has 4 N–H and O–H groups in total. The minimum absolute atomic E-state index is 0.0377. The van der Waals surface area contributed by atoms with Crippen molar-refractivity contribution in [1.82, 2.24) is 0 Å². The molecule has 0 spiro atoms. The van der Waals surface area contributed by atoms with Crippen molar-refractivity contribution < 1.29 is 4.74 Å². The Morgan fingerprint density at radius 1 is 1.29 bits per heavy atom. The zero-order chi connectivity index (χ0) is 10.4. The monoisotopic (exact) mass is 194 g/mol. The highest BCUT2D eigenvalue weighted by molar-refractivity contribution is 5.28. The van der Waals surface area contributed by atoms with Crippen molar-refractivity contribution in [2.75, 3.05) is 13.2 Å². The van der Waals surface area contributed by atoms with Crippen LogP contribution in [0.2, 0.25) is 0 Å². The summed E-state index contributed by atoms with van der Waals surface area (Å²) < 4.78 is 5.34. The van der Waals surface area contributed by atoms with Gasteiger partial charge in [0, 0.05) is 6.04 Å². The van der Waals surface area contributed by atoms with Crippen molar-refractivity contribution in [3.05, 3.63) is 29.8 Å². The molecule has 0 aliphatic rings. The maximum absolute atomic E-state index is 5.91. The predicted molar refractivity (Wildman–Crippen MR) is 58.2 cm³/mol. The summed E-state index contributed by atoms with van der Waals surface area (Å²) in [7, 11) is 0. The summed E-state index contributed by atoms with van der Waals surface area (Å²) >= 11 is 0. The maximum Gasteiger partial charge on any atom is 0.119 e. The van der Waals surface area contributed by atoms with Gasteiger partial charge in [0.2, 0.25) is 0 Å². The Labute approximate surface area is 85.0 Å². The van der Waals surface area contributed by atoms with Gasteiger partial charge >= 0.3 is 0 Å². The molecule has 1 aromatic rings. The molecular formula is C11H18N2O. The van der Waals surface area contributed by atoms with Crippen molar-refractivity contribution in [3.8, 4) is 5.75 Å². The Morgan fingerprint density at radius 3 is 2.43 bits per heavy atom. The molecule has 1 unspecified atom stereocenters. The van der Waals surface area contributed by atoms with Gasteiger partial charge in [-0.25, -0.2) is 0 Å². The SMILES string of the molecule is CCOc1ccc(C(N)CCN)cc1. The fourth-order valence-corrected chi connectivity index (χ4v) is 1.32. The van der Waals surface area contributed by atoms with E-state index in [2.05, 4.69) is 0 Å². The molecule has 0 heterocycles. The third-order valence-electron chi connectivity index (χ3n) is 2.10. The quantitative estimate of drug-likeness (QED) is 0.745.